The van der Waals surface area contributed by atoms with E-state index in [9.17, 15) is 0 Å². The van der Waals surface area contributed by atoms with Crippen molar-refractivity contribution in [3.8, 4) is 11.5 Å². The average Bonchev–Trinajstić information content (AvgIpc) is 2.37. The van der Waals surface area contributed by atoms with Gasteiger partial charge in [-0.05, 0) is 24.5 Å². The second-order valence-electron chi connectivity index (χ2n) is 3.83. The van der Waals surface area contributed by atoms with Gasteiger partial charge in [-0.3, -0.25) is 0 Å². The molecule has 0 bridgehead atoms. The Bertz CT molecular complexity index is 490. The summed E-state index contributed by atoms with van der Waals surface area (Å²) in [5.41, 5.74) is 9.55. The molecule has 0 saturated heterocycles. The third-order valence-electron chi connectivity index (χ3n) is 2.75. The quantitative estimate of drug-likeness (QED) is 0.326. The first kappa shape index (κ1) is 12.8. The van der Waals surface area contributed by atoms with Crippen LogP contribution in [0.15, 0.2) is 11.2 Å². The third-order valence-corrected chi connectivity index (χ3v) is 3.03. The van der Waals surface area contributed by atoms with Gasteiger partial charge in [0.15, 0.2) is 11.6 Å². The number of hydrazine groups is 1. The summed E-state index contributed by atoms with van der Waals surface area (Å²) in [4.78, 5) is 0. The highest BCUT2D eigenvalue weighted by molar-refractivity contribution is 6.33. The van der Waals surface area contributed by atoms with E-state index in [0.717, 1.165) is 18.4 Å². The summed E-state index contributed by atoms with van der Waals surface area (Å²) in [5, 5.41) is 4.23. The topological polar surface area (TPSA) is 94.9 Å². The Labute approximate surface area is 110 Å². The SMILES string of the molecule is COc1c(Cl)cc2c(c1/C(N)=N/NN)OCCC2. The Morgan fingerprint density at radius 2 is 2.39 bits per heavy atom. The van der Waals surface area contributed by atoms with Gasteiger partial charge in [0, 0.05) is 0 Å². The average molecular weight is 271 g/mol. The van der Waals surface area contributed by atoms with E-state index in [1.807, 2.05) is 6.07 Å². The Balaban J connectivity index is 2.65. The first-order chi connectivity index (χ1) is 8.69. The summed E-state index contributed by atoms with van der Waals surface area (Å²) in [7, 11) is 1.52. The van der Waals surface area contributed by atoms with Crippen LogP contribution in [-0.2, 0) is 6.42 Å². The van der Waals surface area contributed by atoms with Crippen molar-refractivity contribution >= 4 is 17.4 Å². The second-order valence-corrected chi connectivity index (χ2v) is 4.24. The van der Waals surface area contributed by atoms with E-state index in [2.05, 4.69) is 10.6 Å². The number of fused-ring (bicyclic) bond motifs is 1. The van der Waals surface area contributed by atoms with E-state index in [1.165, 1.54) is 7.11 Å². The molecule has 1 aromatic carbocycles. The lowest BCUT2D eigenvalue weighted by atomic mass is 10.0. The summed E-state index contributed by atoms with van der Waals surface area (Å²) in [6.07, 6.45) is 1.83. The molecule has 0 atom stereocenters. The number of methoxy groups -OCH3 is 1. The predicted molar refractivity (Wildman–Crippen MR) is 69.9 cm³/mol. The molecule has 1 heterocycles. The minimum absolute atomic E-state index is 0.176. The molecule has 0 aromatic heterocycles. The lowest BCUT2D eigenvalue weighted by Crippen LogP contribution is -2.25. The first-order valence-corrected chi connectivity index (χ1v) is 5.88. The van der Waals surface area contributed by atoms with E-state index >= 15 is 0 Å². The fraction of sp³-hybridized carbons (Fsp3) is 0.364. The van der Waals surface area contributed by atoms with Crippen LogP contribution in [0, 0.1) is 0 Å². The third kappa shape index (κ3) is 2.16. The van der Waals surface area contributed by atoms with E-state index in [-0.39, 0.29) is 5.84 Å². The van der Waals surface area contributed by atoms with Gasteiger partial charge in [0.2, 0.25) is 0 Å². The lowest BCUT2D eigenvalue weighted by molar-refractivity contribution is 0.285. The molecule has 0 saturated carbocycles. The van der Waals surface area contributed by atoms with Gasteiger partial charge in [-0.2, -0.15) is 0 Å². The van der Waals surface area contributed by atoms with Crippen molar-refractivity contribution in [2.24, 2.45) is 16.7 Å². The van der Waals surface area contributed by atoms with Gasteiger partial charge in [-0.1, -0.05) is 11.6 Å². The molecule has 6 nitrogen and oxygen atoms in total. The molecule has 18 heavy (non-hydrogen) atoms. The molecule has 0 aliphatic carbocycles. The highest BCUT2D eigenvalue weighted by Gasteiger charge is 2.24. The smallest absolute Gasteiger partial charge is 0.159 e. The molecule has 0 spiro atoms. The molecule has 0 amide bonds. The van der Waals surface area contributed by atoms with Crippen molar-refractivity contribution in [2.45, 2.75) is 12.8 Å². The number of hydrogen-bond donors (Lipinski definition) is 3. The number of rotatable bonds is 3. The fourth-order valence-electron chi connectivity index (χ4n) is 2.01. The number of hydrazone groups is 1. The fourth-order valence-corrected chi connectivity index (χ4v) is 2.32. The van der Waals surface area contributed by atoms with Gasteiger partial charge in [-0.15, -0.1) is 5.10 Å². The first-order valence-electron chi connectivity index (χ1n) is 5.50. The zero-order valence-corrected chi connectivity index (χ0v) is 10.8. The number of nitrogens with zero attached hydrogens (tertiary/aromatic N) is 1. The number of benzene rings is 1. The molecule has 5 N–H and O–H groups in total. The molecular formula is C11H15ClN4O2. The minimum Gasteiger partial charge on any atom is -0.494 e. The number of halogens is 1. The van der Waals surface area contributed by atoms with Gasteiger partial charge in [0.05, 0.1) is 18.7 Å². The highest BCUT2D eigenvalue weighted by Crippen LogP contribution is 2.40. The number of nitrogens with one attached hydrogen (secondary N) is 1. The van der Waals surface area contributed by atoms with Crippen molar-refractivity contribution in [1.82, 2.24) is 5.53 Å². The van der Waals surface area contributed by atoms with Crippen molar-refractivity contribution in [3.05, 3.63) is 22.2 Å². The van der Waals surface area contributed by atoms with Crippen LogP contribution in [0.4, 0.5) is 0 Å². The number of nitrogens with two attached hydrogens (primary N) is 2. The molecule has 2 rings (SSSR count). The van der Waals surface area contributed by atoms with Crippen LogP contribution in [-0.4, -0.2) is 19.6 Å². The van der Waals surface area contributed by atoms with Gasteiger partial charge >= 0.3 is 0 Å². The minimum atomic E-state index is 0.176. The Hall–Kier alpha value is -1.66. The van der Waals surface area contributed by atoms with Crippen molar-refractivity contribution in [1.29, 1.82) is 0 Å². The molecule has 1 aliphatic rings. The lowest BCUT2D eigenvalue weighted by Gasteiger charge is -2.22. The van der Waals surface area contributed by atoms with Gasteiger partial charge in [0.25, 0.3) is 0 Å². The highest BCUT2D eigenvalue weighted by atomic mass is 35.5. The molecular weight excluding hydrogens is 256 g/mol. The molecule has 1 aliphatic heterocycles. The summed E-state index contributed by atoms with van der Waals surface area (Å²) >= 11 is 6.17. The van der Waals surface area contributed by atoms with Crippen LogP contribution in [0.2, 0.25) is 5.02 Å². The maximum atomic E-state index is 6.17. The van der Waals surface area contributed by atoms with Crippen molar-refractivity contribution in [2.75, 3.05) is 13.7 Å². The van der Waals surface area contributed by atoms with Crippen LogP contribution < -0.4 is 26.6 Å². The predicted octanol–water partition coefficient (Wildman–Crippen LogP) is 0.757. The Morgan fingerprint density at radius 1 is 1.61 bits per heavy atom. The van der Waals surface area contributed by atoms with E-state index < -0.39 is 0 Å². The molecule has 7 heteroatoms. The Morgan fingerprint density at radius 3 is 3.06 bits per heavy atom. The maximum Gasteiger partial charge on any atom is 0.159 e. The van der Waals surface area contributed by atoms with E-state index in [0.29, 0.717) is 28.7 Å². The summed E-state index contributed by atoms with van der Waals surface area (Å²) in [6.45, 7) is 0.633. The van der Waals surface area contributed by atoms with E-state index in [1.54, 1.807) is 0 Å². The number of amidine groups is 1. The molecule has 1 aromatic rings. The van der Waals surface area contributed by atoms with Gasteiger partial charge in [-0.25, -0.2) is 11.4 Å². The van der Waals surface area contributed by atoms with Gasteiger partial charge in [0.1, 0.15) is 11.3 Å². The normalized spacial score (nSPS) is 14.7. The zero-order chi connectivity index (χ0) is 13.1. The molecule has 0 fully saturated rings. The van der Waals surface area contributed by atoms with Crippen LogP contribution >= 0.6 is 11.6 Å². The van der Waals surface area contributed by atoms with Crippen LogP contribution in [0.3, 0.4) is 0 Å². The summed E-state index contributed by atoms with van der Waals surface area (Å²) < 4.78 is 10.9. The zero-order valence-electron chi connectivity index (χ0n) is 10.00. The van der Waals surface area contributed by atoms with E-state index in [4.69, 9.17) is 32.7 Å². The summed E-state index contributed by atoms with van der Waals surface area (Å²) in [6, 6.07) is 1.83. The van der Waals surface area contributed by atoms with Gasteiger partial charge < -0.3 is 15.2 Å². The number of aryl methyl sites for hydroxylation is 1. The standard InChI is InChI=1S/C11H15ClN4O2/c1-17-10-7(12)5-6-3-2-4-18-9(6)8(10)11(13)15-16-14/h5,16H,2-4,14H2,1H3,(H2,13,15). The van der Waals surface area contributed by atoms with Crippen LogP contribution in [0.1, 0.15) is 17.5 Å². The number of hydrogen-bond acceptors (Lipinski definition) is 5. The summed E-state index contributed by atoms with van der Waals surface area (Å²) in [5.74, 6) is 6.42. The second kappa shape index (κ2) is 5.32. The van der Waals surface area contributed by atoms with Crippen LogP contribution in [0.25, 0.3) is 0 Å². The van der Waals surface area contributed by atoms with Crippen LogP contribution in [0.5, 0.6) is 11.5 Å². The largest absolute Gasteiger partial charge is 0.494 e. The molecule has 0 unspecified atom stereocenters. The number of ether oxygens (including phenoxy) is 2. The maximum absolute atomic E-state index is 6.17. The monoisotopic (exact) mass is 270 g/mol. The van der Waals surface area contributed by atoms with Crippen molar-refractivity contribution < 1.29 is 9.47 Å². The Kier molecular flexibility index (Phi) is 3.78. The molecule has 98 valence electrons. The van der Waals surface area contributed by atoms with Crippen molar-refractivity contribution in [3.63, 3.8) is 0 Å². The molecule has 0 radical (unpaired) electrons.